The van der Waals surface area contributed by atoms with Crippen molar-refractivity contribution in [3.8, 4) is 0 Å². The summed E-state index contributed by atoms with van der Waals surface area (Å²) < 4.78 is 13.5. The fraction of sp³-hybridized carbons (Fsp3) is 0.0833. The van der Waals surface area contributed by atoms with Gasteiger partial charge in [0.25, 0.3) is 0 Å². The molecule has 82 valence electrons. The Morgan fingerprint density at radius 2 is 2.19 bits per heavy atom. The highest BCUT2D eigenvalue weighted by atomic mass is 35.5. The van der Waals surface area contributed by atoms with Gasteiger partial charge in [0.15, 0.2) is 5.78 Å². The Kier molecular flexibility index (Phi) is 2.79. The topological polar surface area (TPSA) is 32.9 Å². The minimum atomic E-state index is -0.601. The van der Waals surface area contributed by atoms with E-state index in [0.717, 1.165) is 5.69 Å². The van der Waals surface area contributed by atoms with E-state index in [0.29, 0.717) is 5.56 Å². The van der Waals surface area contributed by atoms with Crippen LogP contribution in [-0.4, -0.2) is 10.8 Å². The van der Waals surface area contributed by atoms with E-state index in [4.69, 9.17) is 11.6 Å². The van der Waals surface area contributed by atoms with Crippen molar-refractivity contribution in [2.75, 3.05) is 0 Å². The maximum atomic E-state index is 13.5. The van der Waals surface area contributed by atoms with E-state index in [1.54, 1.807) is 12.3 Å². The van der Waals surface area contributed by atoms with Crippen molar-refractivity contribution in [2.45, 2.75) is 6.92 Å². The zero-order valence-electron chi connectivity index (χ0n) is 8.55. The maximum absolute atomic E-state index is 13.5. The Morgan fingerprint density at radius 3 is 2.75 bits per heavy atom. The molecule has 1 aromatic carbocycles. The second kappa shape index (κ2) is 4.10. The highest BCUT2D eigenvalue weighted by Crippen LogP contribution is 2.22. The first-order valence-corrected chi connectivity index (χ1v) is 5.11. The lowest BCUT2D eigenvalue weighted by molar-refractivity contribution is 0.103. The summed E-state index contributed by atoms with van der Waals surface area (Å²) in [5.74, 6) is -1.01. The molecule has 0 saturated heterocycles. The number of H-pyrrole nitrogens is 1. The lowest BCUT2D eigenvalue weighted by Gasteiger charge is -2.02. The predicted molar refractivity (Wildman–Crippen MR) is 60.4 cm³/mol. The van der Waals surface area contributed by atoms with E-state index in [1.807, 2.05) is 6.92 Å². The number of aromatic nitrogens is 1. The number of ketones is 1. The predicted octanol–water partition coefficient (Wildman–Crippen LogP) is 3.35. The quantitative estimate of drug-likeness (QED) is 0.799. The van der Waals surface area contributed by atoms with Gasteiger partial charge in [-0.3, -0.25) is 4.79 Å². The Labute approximate surface area is 97.1 Å². The number of carbonyl (C=O) groups is 1. The largest absolute Gasteiger partial charge is 0.364 e. The van der Waals surface area contributed by atoms with Crippen LogP contribution in [0, 0.1) is 12.7 Å². The van der Waals surface area contributed by atoms with E-state index >= 15 is 0 Å². The van der Waals surface area contributed by atoms with E-state index in [9.17, 15) is 9.18 Å². The molecule has 0 spiro atoms. The first-order valence-electron chi connectivity index (χ1n) is 4.73. The van der Waals surface area contributed by atoms with Crippen LogP contribution >= 0.6 is 11.6 Å². The first kappa shape index (κ1) is 10.9. The third-order valence-corrected chi connectivity index (χ3v) is 2.59. The minimum Gasteiger partial charge on any atom is -0.364 e. The monoisotopic (exact) mass is 237 g/mol. The Bertz CT molecular complexity index is 527. The molecular weight excluding hydrogens is 229 g/mol. The Hall–Kier alpha value is -1.61. The summed E-state index contributed by atoms with van der Waals surface area (Å²) in [7, 11) is 0. The van der Waals surface area contributed by atoms with Gasteiger partial charge in [-0.05, 0) is 25.1 Å². The minimum absolute atomic E-state index is 0.0804. The van der Waals surface area contributed by atoms with Crippen molar-refractivity contribution >= 4 is 17.4 Å². The van der Waals surface area contributed by atoms with Crippen molar-refractivity contribution < 1.29 is 9.18 Å². The van der Waals surface area contributed by atoms with Gasteiger partial charge >= 0.3 is 0 Å². The van der Waals surface area contributed by atoms with Gasteiger partial charge in [-0.25, -0.2) is 4.39 Å². The van der Waals surface area contributed by atoms with Crippen LogP contribution in [0.3, 0.4) is 0 Å². The summed E-state index contributed by atoms with van der Waals surface area (Å²) in [6.45, 7) is 1.82. The zero-order chi connectivity index (χ0) is 11.7. The van der Waals surface area contributed by atoms with Crippen LogP contribution in [0.15, 0.2) is 30.5 Å². The summed E-state index contributed by atoms with van der Waals surface area (Å²) in [5.41, 5.74) is 1.17. The van der Waals surface area contributed by atoms with Gasteiger partial charge in [-0.15, -0.1) is 0 Å². The van der Waals surface area contributed by atoms with E-state index in [2.05, 4.69) is 4.98 Å². The molecule has 1 aromatic heterocycles. The third-order valence-electron chi connectivity index (χ3n) is 2.28. The second-order valence-corrected chi connectivity index (χ2v) is 3.90. The second-order valence-electron chi connectivity index (χ2n) is 3.50. The normalized spacial score (nSPS) is 10.4. The molecule has 2 nitrogen and oxygen atoms in total. The third kappa shape index (κ3) is 1.86. The van der Waals surface area contributed by atoms with Gasteiger partial charge in [-0.2, -0.15) is 0 Å². The lowest BCUT2D eigenvalue weighted by Crippen LogP contribution is -2.04. The molecule has 0 aliphatic carbocycles. The fourth-order valence-electron chi connectivity index (χ4n) is 1.50. The molecule has 1 N–H and O–H groups in total. The molecule has 0 saturated carbocycles. The van der Waals surface area contributed by atoms with Crippen LogP contribution in [0.4, 0.5) is 4.39 Å². The summed E-state index contributed by atoms with van der Waals surface area (Å²) >= 11 is 5.81. The van der Waals surface area contributed by atoms with Crippen LogP contribution in [0.5, 0.6) is 0 Å². The van der Waals surface area contributed by atoms with Crippen LogP contribution in [-0.2, 0) is 0 Å². The van der Waals surface area contributed by atoms with Gasteiger partial charge in [0.1, 0.15) is 5.82 Å². The molecule has 0 atom stereocenters. The van der Waals surface area contributed by atoms with E-state index < -0.39 is 11.6 Å². The maximum Gasteiger partial charge on any atom is 0.199 e. The standard InChI is InChI=1S/C12H9ClFNO/c1-7-5-8(6-15-7)12(16)11-9(13)3-2-4-10(11)14/h2-6,15H,1H3. The van der Waals surface area contributed by atoms with E-state index in [-0.39, 0.29) is 10.6 Å². The zero-order valence-corrected chi connectivity index (χ0v) is 9.31. The van der Waals surface area contributed by atoms with Gasteiger partial charge in [0.2, 0.25) is 0 Å². The van der Waals surface area contributed by atoms with Crippen molar-refractivity contribution in [2.24, 2.45) is 0 Å². The highest BCUT2D eigenvalue weighted by Gasteiger charge is 2.18. The van der Waals surface area contributed by atoms with Crippen molar-refractivity contribution in [3.63, 3.8) is 0 Å². The summed E-state index contributed by atoms with van der Waals surface area (Å²) in [6.07, 6.45) is 1.54. The number of nitrogens with one attached hydrogen (secondary N) is 1. The average Bonchev–Trinajstić information content (AvgIpc) is 2.64. The molecule has 4 heteroatoms. The molecule has 16 heavy (non-hydrogen) atoms. The molecule has 1 heterocycles. The molecular formula is C12H9ClFNO. The smallest absolute Gasteiger partial charge is 0.199 e. The number of aromatic amines is 1. The van der Waals surface area contributed by atoms with Gasteiger partial charge < -0.3 is 4.98 Å². The first-order chi connectivity index (χ1) is 7.59. The molecule has 0 radical (unpaired) electrons. The van der Waals surface area contributed by atoms with Crippen LogP contribution < -0.4 is 0 Å². The van der Waals surface area contributed by atoms with Gasteiger partial charge in [0.05, 0.1) is 10.6 Å². The summed E-state index contributed by atoms with van der Waals surface area (Å²) in [5, 5.41) is 0.129. The fourth-order valence-corrected chi connectivity index (χ4v) is 1.75. The number of aryl methyl sites for hydroxylation is 1. The Morgan fingerprint density at radius 1 is 1.44 bits per heavy atom. The molecule has 2 aromatic rings. The van der Waals surface area contributed by atoms with Crippen LogP contribution in [0.25, 0.3) is 0 Å². The Balaban J connectivity index is 2.49. The van der Waals surface area contributed by atoms with Gasteiger partial charge in [0, 0.05) is 17.5 Å². The number of hydrogen-bond acceptors (Lipinski definition) is 1. The lowest BCUT2D eigenvalue weighted by atomic mass is 10.1. The molecule has 2 rings (SSSR count). The molecule has 0 aliphatic heterocycles. The molecule has 0 fully saturated rings. The number of benzene rings is 1. The van der Waals surface area contributed by atoms with Gasteiger partial charge in [-0.1, -0.05) is 17.7 Å². The van der Waals surface area contributed by atoms with Crippen LogP contribution in [0.1, 0.15) is 21.6 Å². The SMILES string of the molecule is Cc1cc(C(=O)c2c(F)cccc2Cl)c[nH]1. The molecule has 0 aliphatic rings. The van der Waals surface area contributed by atoms with Crippen molar-refractivity contribution in [1.82, 2.24) is 4.98 Å². The number of halogens is 2. The molecule has 0 amide bonds. The number of carbonyl (C=O) groups excluding carboxylic acids is 1. The van der Waals surface area contributed by atoms with Crippen molar-refractivity contribution in [1.29, 1.82) is 0 Å². The van der Waals surface area contributed by atoms with E-state index in [1.165, 1.54) is 18.2 Å². The average molecular weight is 238 g/mol. The highest BCUT2D eigenvalue weighted by molar-refractivity contribution is 6.35. The number of hydrogen-bond donors (Lipinski definition) is 1. The summed E-state index contributed by atoms with van der Waals surface area (Å²) in [4.78, 5) is 14.8. The molecule has 0 unspecified atom stereocenters. The van der Waals surface area contributed by atoms with Crippen molar-refractivity contribution in [3.05, 3.63) is 58.1 Å². The van der Waals surface area contributed by atoms with Crippen LogP contribution in [0.2, 0.25) is 5.02 Å². The number of rotatable bonds is 2. The summed E-state index contributed by atoms with van der Waals surface area (Å²) in [6, 6.07) is 5.85. The molecule has 0 bridgehead atoms.